The van der Waals surface area contributed by atoms with E-state index in [2.05, 4.69) is 39.4 Å². The van der Waals surface area contributed by atoms with E-state index in [0.717, 1.165) is 19.3 Å². The maximum absolute atomic E-state index is 12.2. The molecule has 12 heteroatoms. The summed E-state index contributed by atoms with van der Waals surface area (Å²) in [6, 6.07) is -0.489. The Morgan fingerprint density at radius 1 is 1.00 bits per heavy atom. The Morgan fingerprint density at radius 2 is 1.64 bits per heavy atom. The standard InChI is InChI=1S/C27H48N5O6P/c1-2-3-4-5-6-7-8-9-10-11-12-13-14-15-16-17-19-38-27(33)31-25-24-26(29-21-28-25)32(22-30-24)18-20-37-23-39(34,35)36/h9-10,21-22,24,26H,2-8,11-20,23H2,1H3,(H2,34,35,36)(H,28,29,31,33)/p-1/b10-9-. The number of rotatable bonds is 21. The van der Waals surface area contributed by atoms with Gasteiger partial charge >= 0.3 is 6.09 Å². The molecule has 0 aromatic rings. The number of fused-ring (bicyclic) bond motifs is 1. The van der Waals surface area contributed by atoms with Crippen LogP contribution in [-0.4, -0.2) is 72.7 Å². The molecule has 2 unspecified atom stereocenters. The molecule has 0 aromatic carbocycles. The van der Waals surface area contributed by atoms with Gasteiger partial charge in [-0.1, -0.05) is 76.9 Å². The fraction of sp³-hybridized carbons (Fsp3) is 0.778. The van der Waals surface area contributed by atoms with E-state index in [1.165, 1.54) is 77.0 Å². The van der Waals surface area contributed by atoms with Crippen LogP contribution in [0.25, 0.3) is 0 Å². The third kappa shape index (κ3) is 15.5. The van der Waals surface area contributed by atoms with Gasteiger partial charge in [-0.25, -0.2) is 14.8 Å². The summed E-state index contributed by atoms with van der Waals surface area (Å²) in [4.78, 5) is 57.0. The van der Waals surface area contributed by atoms with Crippen molar-refractivity contribution < 1.29 is 28.9 Å². The topological polar surface area (TPSA) is 154 Å². The summed E-state index contributed by atoms with van der Waals surface area (Å²) in [7, 11) is -4.45. The minimum absolute atomic E-state index is 0.0653. The summed E-state index contributed by atoms with van der Waals surface area (Å²) in [6.45, 7) is 2.98. The van der Waals surface area contributed by atoms with Gasteiger partial charge in [0.2, 0.25) is 0 Å². The number of carbonyl (C=O) groups is 1. The highest BCUT2D eigenvalue weighted by Gasteiger charge is 2.36. The van der Waals surface area contributed by atoms with Crippen LogP contribution in [0.15, 0.2) is 27.1 Å². The van der Waals surface area contributed by atoms with Crippen LogP contribution >= 0.6 is 7.94 Å². The molecule has 39 heavy (non-hydrogen) atoms. The number of amidine groups is 1. The number of amides is 1. The molecule has 2 aliphatic heterocycles. The predicted octanol–water partition coefficient (Wildman–Crippen LogP) is 3.68. The first-order valence-electron chi connectivity index (χ1n) is 14.5. The molecule has 2 rings (SSSR count). The number of nitrogens with one attached hydrogen (secondary N) is 1. The Kier molecular flexibility index (Phi) is 17.1. The number of hydrogen-bond donors (Lipinski definition) is 2. The van der Waals surface area contributed by atoms with Crippen LogP contribution in [0.4, 0.5) is 4.79 Å². The third-order valence-electron chi connectivity index (χ3n) is 6.56. The quantitative estimate of drug-likeness (QED) is 0.122. The maximum atomic E-state index is 12.2. The highest BCUT2D eigenvalue weighted by molar-refractivity contribution is 7.55. The zero-order chi connectivity index (χ0) is 28.2. The van der Waals surface area contributed by atoms with E-state index in [1.807, 2.05) is 0 Å². The summed E-state index contributed by atoms with van der Waals surface area (Å²) >= 11 is 0. The number of hydrogen-bond acceptors (Lipinski definition) is 10. The maximum Gasteiger partial charge on any atom is 0.412 e. The van der Waals surface area contributed by atoms with Gasteiger partial charge in [0.05, 0.1) is 27.5 Å². The molecule has 0 saturated carbocycles. The molecule has 0 aliphatic carbocycles. The summed E-state index contributed by atoms with van der Waals surface area (Å²) in [6.07, 6.45) is 23.0. The second-order valence-electron chi connectivity index (χ2n) is 10.0. The van der Waals surface area contributed by atoms with Crippen molar-refractivity contribution in [1.82, 2.24) is 10.2 Å². The fourth-order valence-corrected chi connectivity index (χ4v) is 4.76. The van der Waals surface area contributed by atoms with Gasteiger partial charge in [0, 0.05) is 6.54 Å². The second-order valence-corrected chi connectivity index (χ2v) is 11.5. The molecule has 1 amide bonds. The van der Waals surface area contributed by atoms with Crippen molar-refractivity contribution >= 4 is 32.5 Å². The first kappa shape index (κ1) is 33.3. The normalized spacial score (nSPS) is 18.6. The average Bonchev–Trinajstić information content (AvgIpc) is 3.32. The van der Waals surface area contributed by atoms with Gasteiger partial charge in [0.1, 0.15) is 12.2 Å². The molecule has 2 atom stereocenters. The molecule has 11 nitrogen and oxygen atoms in total. The van der Waals surface area contributed by atoms with Crippen molar-refractivity contribution in [3.8, 4) is 0 Å². The molecule has 2 heterocycles. The molecular weight excluding hydrogens is 521 g/mol. The first-order valence-corrected chi connectivity index (χ1v) is 16.2. The molecule has 0 bridgehead atoms. The summed E-state index contributed by atoms with van der Waals surface area (Å²) < 4.78 is 10.3. The van der Waals surface area contributed by atoms with Gasteiger partial charge in [-0.2, -0.15) is 0 Å². The van der Waals surface area contributed by atoms with Gasteiger partial charge in [-0.15, -0.1) is 0 Å². The lowest BCUT2D eigenvalue weighted by Gasteiger charge is -2.29. The van der Waals surface area contributed by atoms with Crippen molar-refractivity contribution in [2.45, 2.75) is 109 Å². The van der Waals surface area contributed by atoms with Gasteiger partial charge < -0.3 is 24.2 Å². The Bertz CT molecular complexity index is 802. The zero-order valence-electron chi connectivity index (χ0n) is 23.4. The largest absolute Gasteiger partial charge is 0.658 e. The van der Waals surface area contributed by atoms with Crippen LogP contribution in [0, 0.1) is 0 Å². The Labute approximate surface area is 234 Å². The van der Waals surface area contributed by atoms with Gasteiger partial charge in [-0.3, -0.25) is 15.2 Å². The molecule has 0 saturated heterocycles. The fourth-order valence-electron chi connectivity index (χ4n) is 4.40. The number of unbranched alkanes of at least 4 members (excludes halogenated alkanes) is 12. The monoisotopic (exact) mass is 568 g/mol. The number of aliphatic imine (C=N–C) groups is 3. The van der Waals surface area contributed by atoms with Crippen molar-refractivity contribution in [3.05, 3.63) is 12.2 Å². The number of alkyl carbamates (subject to hydrolysis) is 1. The van der Waals surface area contributed by atoms with Crippen molar-refractivity contribution in [2.24, 2.45) is 15.0 Å². The van der Waals surface area contributed by atoms with Crippen molar-refractivity contribution in [3.63, 3.8) is 0 Å². The Morgan fingerprint density at radius 3 is 2.31 bits per heavy atom. The number of carbonyl (C=O) groups excluding carboxylic acids is 1. The highest BCUT2D eigenvalue weighted by atomic mass is 31.2. The molecule has 2 aliphatic rings. The van der Waals surface area contributed by atoms with Crippen LogP contribution < -0.4 is 15.1 Å². The third-order valence-corrected chi connectivity index (χ3v) is 7.07. The molecule has 2 N–H and O–H groups in total. The smallest absolute Gasteiger partial charge is 0.412 e. The molecule has 0 spiro atoms. The van der Waals surface area contributed by atoms with E-state index in [0.29, 0.717) is 19.0 Å². The highest BCUT2D eigenvalue weighted by Crippen LogP contribution is 2.32. The van der Waals surface area contributed by atoms with E-state index >= 15 is 0 Å². The van der Waals surface area contributed by atoms with Crippen LogP contribution in [0.5, 0.6) is 0 Å². The van der Waals surface area contributed by atoms with E-state index in [-0.39, 0.29) is 6.61 Å². The lowest BCUT2D eigenvalue weighted by molar-refractivity contribution is -0.336. The summed E-state index contributed by atoms with van der Waals surface area (Å²) in [5.41, 5.74) is 0. The van der Waals surface area contributed by atoms with Crippen molar-refractivity contribution in [2.75, 3.05) is 26.1 Å². The molecule has 0 fully saturated rings. The SMILES string of the molecule is CCCCCCCC/C=C\CCCCCCCCOC(=O)NC1=NC=NC2C1N=CN2CCOC[P+]([O-])([O-])O. The first-order chi connectivity index (χ1) is 18.9. The second kappa shape index (κ2) is 20.0. The predicted molar refractivity (Wildman–Crippen MR) is 153 cm³/mol. The Hall–Kier alpha value is -1.91. The zero-order valence-corrected chi connectivity index (χ0v) is 24.3. The number of allylic oxidation sites excluding steroid dienone is 2. The van der Waals surface area contributed by atoms with Crippen LogP contribution in [0.1, 0.15) is 96.8 Å². The van der Waals surface area contributed by atoms with E-state index < -0.39 is 32.6 Å². The van der Waals surface area contributed by atoms with Gasteiger partial charge in [0.15, 0.2) is 18.6 Å². The molecule has 0 aromatic heterocycles. The van der Waals surface area contributed by atoms with Crippen LogP contribution in [-0.2, 0) is 9.47 Å². The number of nitrogens with zero attached hydrogens (tertiary/aromatic N) is 4. The van der Waals surface area contributed by atoms with Crippen molar-refractivity contribution in [1.29, 1.82) is 0 Å². The summed E-state index contributed by atoms with van der Waals surface area (Å²) in [5.74, 6) is 0.347. The van der Waals surface area contributed by atoms with Crippen LogP contribution in [0.2, 0.25) is 0 Å². The summed E-state index contributed by atoms with van der Waals surface area (Å²) in [5, 5.41) is 2.66. The molecular formula is C27H47N5O6P-. The lowest BCUT2D eigenvalue weighted by atomic mass is 10.1. The van der Waals surface area contributed by atoms with E-state index in [9.17, 15) is 14.6 Å². The molecule has 0 radical (unpaired) electrons. The van der Waals surface area contributed by atoms with Crippen LogP contribution in [0.3, 0.4) is 0 Å². The van der Waals surface area contributed by atoms with Gasteiger partial charge in [0.25, 0.3) is 0 Å². The molecule has 222 valence electrons. The van der Waals surface area contributed by atoms with E-state index in [1.54, 1.807) is 11.2 Å². The minimum atomic E-state index is -4.45. The van der Waals surface area contributed by atoms with E-state index in [4.69, 9.17) is 14.4 Å². The lowest BCUT2D eigenvalue weighted by Crippen LogP contribution is -2.48. The average molecular weight is 569 g/mol. The minimum Gasteiger partial charge on any atom is -0.658 e. The Balaban J connectivity index is 1.45. The van der Waals surface area contributed by atoms with Gasteiger partial charge in [-0.05, 0) is 32.1 Å². The number of ether oxygens (including phenoxy) is 2.